The Morgan fingerprint density at radius 2 is 1.21 bits per heavy atom. The monoisotopic (exact) mass is 594 g/mol. The molecule has 218 valence electrons. The van der Waals surface area contributed by atoms with E-state index in [9.17, 15) is 28.5 Å². The number of phenols is 3. The maximum absolute atomic E-state index is 13.2. The lowest BCUT2D eigenvalue weighted by Crippen LogP contribution is -2.29. The van der Waals surface area contributed by atoms with Crippen LogP contribution in [0.15, 0.2) is 126 Å². The zero-order valence-electron chi connectivity index (χ0n) is 23.0. The van der Waals surface area contributed by atoms with Crippen molar-refractivity contribution in [3.8, 4) is 17.2 Å². The minimum Gasteiger partial charge on any atom is -0.504 e. The molecule has 0 saturated heterocycles. The highest BCUT2D eigenvalue weighted by molar-refractivity contribution is 7.89. The van der Waals surface area contributed by atoms with Crippen LogP contribution in [0.25, 0.3) is 0 Å². The highest BCUT2D eigenvalue weighted by Gasteiger charge is 2.23. The molecule has 0 radical (unpaired) electrons. The Bertz CT molecular complexity index is 1770. The van der Waals surface area contributed by atoms with E-state index >= 15 is 0 Å². The standard InChI is InChI=1S/C34H30N2O6S/c37-31-26(20-23-10-4-1-5-11-23)21-29(32(38)33(31)39)34(40)36-27-16-18-28(19-17-27)43(41,42)35-22-30(24-12-6-2-7-13-24)25-14-8-3-9-15-25/h1-19,21,30,35,37-39H,20,22H2,(H,36,40). The summed E-state index contributed by atoms with van der Waals surface area (Å²) in [4.78, 5) is 13.1. The fourth-order valence-corrected chi connectivity index (χ4v) is 5.86. The van der Waals surface area contributed by atoms with Crippen molar-refractivity contribution < 1.29 is 28.5 Å². The van der Waals surface area contributed by atoms with Crippen molar-refractivity contribution in [2.75, 3.05) is 11.9 Å². The van der Waals surface area contributed by atoms with Crippen LogP contribution in [0.5, 0.6) is 17.2 Å². The summed E-state index contributed by atoms with van der Waals surface area (Å²) >= 11 is 0. The van der Waals surface area contributed by atoms with Gasteiger partial charge in [-0.15, -0.1) is 0 Å². The molecule has 5 N–H and O–H groups in total. The molecule has 0 atom stereocenters. The van der Waals surface area contributed by atoms with Gasteiger partial charge in [-0.25, -0.2) is 13.1 Å². The molecule has 1 amide bonds. The Morgan fingerprint density at radius 1 is 0.674 bits per heavy atom. The largest absolute Gasteiger partial charge is 0.504 e. The second-order valence-electron chi connectivity index (χ2n) is 10.00. The zero-order valence-corrected chi connectivity index (χ0v) is 23.8. The van der Waals surface area contributed by atoms with E-state index in [1.54, 1.807) is 0 Å². The normalized spacial score (nSPS) is 11.4. The maximum Gasteiger partial charge on any atom is 0.259 e. The molecule has 0 spiro atoms. The smallest absolute Gasteiger partial charge is 0.259 e. The first kappa shape index (κ1) is 29.4. The molecule has 0 unspecified atom stereocenters. The number of sulfonamides is 1. The summed E-state index contributed by atoms with van der Waals surface area (Å²) in [6.45, 7) is 0.143. The second-order valence-corrected chi connectivity index (χ2v) is 11.8. The van der Waals surface area contributed by atoms with Crippen LogP contribution in [-0.2, 0) is 16.4 Å². The van der Waals surface area contributed by atoms with Crippen molar-refractivity contribution in [3.05, 3.63) is 149 Å². The third-order valence-corrected chi connectivity index (χ3v) is 8.55. The van der Waals surface area contributed by atoms with Crippen molar-refractivity contribution in [2.45, 2.75) is 17.2 Å². The molecule has 0 aliphatic heterocycles. The number of hydrogen-bond donors (Lipinski definition) is 5. The molecular formula is C34H30N2O6S. The summed E-state index contributed by atoms with van der Waals surface area (Å²) in [6.07, 6.45) is 0.218. The fourth-order valence-electron chi connectivity index (χ4n) is 4.82. The van der Waals surface area contributed by atoms with E-state index in [0.717, 1.165) is 16.7 Å². The number of anilines is 1. The van der Waals surface area contributed by atoms with Crippen LogP contribution in [0.2, 0.25) is 0 Å². The molecule has 8 nitrogen and oxygen atoms in total. The van der Waals surface area contributed by atoms with E-state index in [0.29, 0.717) is 0 Å². The summed E-state index contributed by atoms with van der Waals surface area (Å²) in [5.41, 5.74) is 3.07. The van der Waals surface area contributed by atoms with Crippen LogP contribution in [0.4, 0.5) is 5.69 Å². The van der Waals surface area contributed by atoms with Crippen molar-refractivity contribution in [1.29, 1.82) is 0 Å². The molecule has 0 aliphatic carbocycles. The summed E-state index contributed by atoms with van der Waals surface area (Å²) in [5.74, 6) is -3.01. The van der Waals surface area contributed by atoms with Gasteiger partial charge in [-0.3, -0.25) is 4.79 Å². The quantitative estimate of drug-likeness (QED) is 0.131. The Hall–Kier alpha value is -5.12. The SMILES string of the molecule is O=C(Nc1ccc(S(=O)(=O)NCC(c2ccccc2)c2ccccc2)cc1)c1cc(Cc2ccccc2)c(O)c(O)c1O. The van der Waals surface area contributed by atoms with Crippen LogP contribution in [-0.4, -0.2) is 36.2 Å². The number of nitrogens with one attached hydrogen (secondary N) is 2. The topological polar surface area (TPSA) is 136 Å². The summed E-state index contributed by atoms with van der Waals surface area (Å²) in [7, 11) is -3.88. The van der Waals surface area contributed by atoms with Crippen LogP contribution in [0.3, 0.4) is 0 Å². The summed E-state index contributed by atoms with van der Waals surface area (Å²) in [5, 5.41) is 33.6. The third-order valence-electron chi connectivity index (χ3n) is 7.11. The van der Waals surface area contributed by atoms with Crippen molar-refractivity contribution >= 4 is 21.6 Å². The number of hydrogen-bond acceptors (Lipinski definition) is 6. The first-order valence-electron chi connectivity index (χ1n) is 13.5. The van der Waals surface area contributed by atoms with Crippen molar-refractivity contribution in [1.82, 2.24) is 4.72 Å². The van der Waals surface area contributed by atoms with Gasteiger partial charge in [0, 0.05) is 30.1 Å². The second kappa shape index (κ2) is 12.8. The molecule has 0 fully saturated rings. The number of carbonyl (C=O) groups is 1. The highest BCUT2D eigenvalue weighted by atomic mass is 32.2. The van der Waals surface area contributed by atoms with E-state index < -0.39 is 33.2 Å². The van der Waals surface area contributed by atoms with Gasteiger partial charge in [0.15, 0.2) is 11.5 Å². The first-order chi connectivity index (χ1) is 20.7. The molecular weight excluding hydrogens is 564 g/mol. The van der Waals surface area contributed by atoms with E-state index in [2.05, 4.69) is 10.0 Å². The average molecular weight is 595 g/mol. The van der Waals surface area contributed by atoms with E-state index in [4.69, 9.17) is 0 Å². The minimum atomic E-state index is -3.88. The molecule has 43 heavy (non-hydrogen) atoms. The Labute approximate surface area is 250 Å². The maximum atomic E-state index is 13.2. The molecule has 5 aromatic rings. The molecule has 5 aromatic carbocycles. The zero-order chi connectivity index (χ0) is 30.4. The predicted molar refractivity (Wildman–Crippen MR) is 165 cm³/mol. The Kier molecular flexibility index (Phi) is 8.75. The number of amides is 1. The Balaban J connectivity index is 1.30. The van der Waals surface area contributed by atoms with Gasteiger partial charge in [0.05, 0.1) is 10.5 Å². The van der Waals surface area contributed by atoms with Gasteiger partial charge < -0.3 is 20.6 Å². The average Bonchev–Trinajstić information content (AvgIpc) is 3.03. The van der Waals surface area contributed by atoms with Gasteiger partial charge in [-0.1, -0.05) is 91.0 Å². The van der Waals surface area contributed by atoms with Crippen LogP contribution < -0.4 is 10.0 Å². The van der Waals surface area contributed by atoms with Crippen LogP contribution in [0.1, 0.15) is 38.5 Å². The molecule has 0 heterocycles. The number of benzene rings is 5. The van der Waals surface area contributed by atoms with Crippen LogP contribution in [0, 0.1) is 0 Å². The summed E-state index contributed by atoms with van der Waals surface area (Å²) in [6, 6.07) is 35.4. The number of carbonyl (C=O) groups excluding carboxylic acids is 1. The lowest BCUT2D eigenvalue weighted by molar-refractivity contribution is 0.102. The predicted octanol–water partition coefficient (Wildman–Crippen LogP) is 5.76. The number of aromatic hydroxyl groups is 3. The summed E-state index contributed by atoms with van der Waals surface area (Å²) < 4.78 is 29.0. The van der Waals surface area contributed by atoms with Gasteiger partial charge in [-0.05, 0) is 47.0 Å². The van der Waals surface area contributed by atoms with Crippen LogP contribution >= 0.6 is 0 Å². The molecule has 0 bridgehead atoms. The molecule has 0 saturated carbocycles. The Morgan fingerprint density at radius 3 is 1.77 bits per heavy atom. The van der Waals surface area contributed by atoms with Crippen molar-refractivity contribution in [2.24, 2.45) is 0 Å². The fraction of sp³-hybridized carbons (Fsp3) is 0.0882. The lowest BCUT2D eigenvalue weighted by Gasteiger charge is -2.19. The van der Waals surface area contributed by atoms with Gasteiger partial charge in [0.25, 0.3) is 5.91 Å². The lowest BCUT2D eigenvalue weighted by atomic mass is 9.92. The first-order valence-corrected chi connectivity index (χ1v) is 15.0. The van der Waals surface area contributed by atoms with E-state index in [1.807, 2.05) is 91.0 Å². The molecule has 5 rings (SSSR count). The van der Waals surface area contributed by atoms with E-state index in [-0.39, 0.29) is 40.6 Å². The molecule has 0 aliphatic rings. The number of phenolic OH excluding ortho intramolecular Hbond substituents is 3. The van der Waals surface area contributed by atoms with Gasteiger partial charge in [-0.2, -0.15) is 0 Å². The highest BCUT2D eigenvalue weighted by Crippen LogP contribution is 2.41. The molecule has 9 heteroatoms. The third kappa shape index (κ3) is 6.86. The molecule has 0 aromatic heterocycles. The van der Waals surface area contributed by atoms with Gasteiger partial charge in [0.2, 0.25) is 15.8 Å². The minimum absolute atomic E-state index is 0.0145. The number of rotatable bonds is 10. The van der Waals surface area contributed by atoms with Gasteiger partial charge in [0.1, 0.15) is 0 Å². The van der Waals surface area contributed by atoms with E-state index in [1.165, 1.54) is 30.3 Å². The van der Waals surface area contributed by atoms with Crippen molar-refractivity contribution in [3.63, 3.8) is 0 Å². The van der Waals surface area contributed by atoms with Gasteiger partial charge >= 0.3 is 0 Å².